The van der Waals surface area contributed by atoms with Gasteiger partial charge < -0.3 is 0 Å². The smallest absolute Gasteiger partial charge is 0.212 e. The largest absolute Gasteiger partial charge is 0.215 e. The van der Waals surface area contributed by atoms with E-state index in [0.29, 0.717) is 13.0 Å². The van der Waals surface area contributed by atoms with Crippen molar-refractivity contribution in [1.29, 1.82) is 0 Å². The SMILES string of the molecule is CCC(Cl)CCNS(=O)(=O)CC(C)(C)C. The van der Waals surface area contributed by atoms with E-state index in [-0.39, 0.29) is 16.5 Å². The lowest BCUT2D eigenvalue weighted by Crippen LogP contribution is -2.33. The molecule has 0 fully saturated rings. The van der Waals surface area contributed by atoms with E-state index in [1.165, 1.54) is 0 Å². The molecule has 1 atom stereocenters. The van der Waals surface area contributed by atoms with Crippen molar-refractivity contribution in [3.8, 4) is 0 Å². The third-order valence-corrected chi connectivity index (χ3v) is 4.26. The highest BCUT2D eigenvalue weighted by Crippen LogP contribution is 2.15. The second-order valence-corrected chi connectivity index (χ2v) is 7.43. The van der Waals surface area contributed by atoms with E-state index in [0.717, 1.165) is 6.42 Å². The van der Waals surface area contributed by atoms with E-state index in [2.05, 4.69) is 4.72 Å². The number of hydrogen-bond acceptors (Lipinski definition) is 2. The molecule has 0 aromatic rings. The van der Waals surface area contributed by atoms with Crippen LogP contribution in [0.3, 0.4) is 0 Å². The Morgan fingerprint density at radius 3 is 2.27 bits per heavy atom. The summed E-state index contributed by atoms with van der Waals surface area (Å²) in [6, 6.07) is 0. The maximum absolute atomic E-state index is 11.6. The van der Waals surface area contributed by atoms with Crippen molar-refractivity contribution in [2.45, 2.75) is 45.9 Å². The van der Waals surface area contributed by atoms with E-state index in [9.17, 15) is 8.42 Å². The average molecular weight is 256 g/mol. The summed E-state index contributed by atoms with van der Waals surface area (Å²) in [5, 5.41) is 0.0577. The van der Waals surface area contributed by atoms with Gasteiger partial charge in [0.1, 0.15) is 0 Å². The van der Waals surface area contributed by atoms with Crippen molar-refractivity contribution in [2.75, 3.05) is 12.3 Å². The molecule has 0 aliphatic carbocycles. The standard InChI is InChI=1S/C10H22ClNO2S/c1-5-9(11)6-7-12-15(13,14)8-10(2,3)4/h9,12H,5-8H2,1-4H3. The maximum Gasteiger partial charge on any atom is 0.212 e. The average Bonchev–Trinajstić information content (AvgIpc) is 1.98. The molecule has 92 valence electrons. The molecule has 0 spiro atoms. The number of hydrogen-bond donors (Lipinski definition) is 1. The number of alkyl halides is 1. The lowest BCUT2D eigenvalue weighted by molar-refractivity contribution is 0.457. The van der Waals surface area contributed by atoms with E-state index in [4.69, 9.17) is 11.6 Å². The number of rotatable bonds is 6. The summed E-state index contributed by atoms with van der Waals surface area (Å²) < 4.78 is 25.7. The minimum absolute atomic E-state index is 0.0577. The first-order valence-electron chi connectivity index (χ1n) is 5.28. The van der Waals surface area contributed by atoms with E-state index >= 15 is 0 Å². The second kappa shape index (κ2) is 6.06. The maximum atomic E-state index is 11.6. The predicted octanol–water partition coefficient (Wildman–Crippen LogP) is 2.36. The van der Waals surface area contributed by atoms with Crippen LogP contribution in [-0.2, 0) is 10.0 Å². The quantitative estimate of drug-likeness (QED) is 0.741. The van der Waals surface area contributed by atoms with Gasteiger partial charge in [0, 0.05) is 11.9 Å². The third-order valence-electron chi connectivity index (χ3n) is 1.85. The highest BCUT2D eigenvalue weighted by Gasteiger charge is 2.21. The summed E-state index contributed by atoms with van der Waals surface area (Å²) in [7, 11) is -3.15. The molecule has 15 heavy (non-hydrogen) atoms. The summed E-state index contributed by atoms with van der Waals surface area (Å²) in [6.45, 7) is 8.13. The van der Waals surface area contributed by atoms with Gasteiger partial charge in [0.25, 0.3) is 0 Å². The summed E-state index contributed by atoms with van der Waals surface area (Å²) in [4.78, 5) is 0. The zero-order valence-electron chi connectivity index (χ0n) is 10.0. The van der Waals surface area contributed by atoms with Crippen LogP contribution in [0.1, 0.15) is 40.5 Å². The predicted molar refractivity (Wildman–Crippen MR) is 65.8 cm³/mol. The molecular formula is C10H22ClNO2S. The summed E-state index contributed by atoms with van der Waals surface area (Å²) in [5.74, 6) is 0.152. The first-order valence-corrected chi connectivity index (χ1v) is 7.36. The van der Waals surface area contributed by atoms with Crippen LogP contribution in [0.15, 0.2) is 0 Å². The molecular weight excluding hydrogens is 234 g/mol. The monoisotopic (exact) mass is 255 g/mol. The van der Waals surface area contributed by atoms with E-state index in [1.807, 2.05) is 27.7 Å². The van der Waals surface area contributed by atoms with Gasteiger partial charge in [-0.3, -0.25) is 0 Å². The molecule has 0 saturated carbocycles. The lowest BCUT2D eigenvalue weighted by Gasteiger charge is -2.18. The lowest BCUT2D eigenvalue weighted by atomic mass is 10.0. The summed E-state index contributed by atoms with van der Waals surface area (Å²) in [5.41, 5.74) is -0.211. The fourth-order valence-electron chi connectivity index (χ4n) is 1.20. The Labute approximate surface area is 98.6 Å². The first-order chi connectivity index (χ1) is 6.66. The van der Waals surface area contributed by atoms with Gasteiger partial charge in [-0.05, 0) is 18.3 Å². The molecule has 1 N–H and O–H groups in total. The van der Waals surface area contributed by atoms with Crippen molar-refractivity contribution < 1.29 is 8.42 Å². The number of sulfonamides is 1. The molecule has 0 radical (unpaired) electrons. The molecule has 3 nitrogen and oxygen atoms in total. The van der Waals surface area contributed by atoms with Crippen LogP contribution in [0.25, 0.3) is 0 Å². The van der Waals surface area contributed by atoms with Crippen LogP contribution in [0.5, 0.6) is 0 Å². The Morgan fingerprint density at radius 2 is 1.87 bits per heavy atom. The van der Waals surface area contributed by atoms with Crippen LogP contribution < -0.4 is 4.72 Å². The normalized spacial score (nSPS) is 15.3. The van der Waals surface area contributed by atoms with Crippen LogP contribution in [-0.4, -0.2) is 26.1 Å². The Bertz CT molecular complexity index is 270. The zero-order valence-corrected chi connectivity index (χ0v) is 11.6. The van der Waals surface area contributed by atoms with Crippen molar-refractivity contribution >= 4 is 21.6 Å². The molecule has 0 rings (SSSR count). The zero-order chi connectivity index (χ0) is 12.1. The van der Waals surface area contributed by atoms with Gasteiger partial charge in [-0.2, -0.15) is 0 Å². The Morgan fingerprint density at radius 1 is 1.33 bits per heavy atom. The van der Waals surface area contributed by atoms with E-state index < -0.39 is 10.0 Å². The van der Waals surface area contributed by atoms with Gasteiger partial charge in [0.05, 0.1) is 5.75 Å². The van der Waals surface area contributed by atoms with Gasteiger partial charge in [-0.1, -0.05) is 27.7 Å². The second-order valence-electron chi connectivity index (χ2n) is 5.01. The highest BCUT2D eigenvalue weighted by atomic mass is 35.5. The number of nitrogens with one attached hydrogen (secondary N) is 1. The topological polar surface area (TPSA) is 46.2 Å². The van der Waals surface area contributed by atoms with Gasteiger partial charge in [-0.15, -0.1) is 11.6 Å². The van der Waals surface area contributed by atoms with Crippen molar-refractivity contribution in [3.05, 3.63) is 0 Å². The van der Waals surface area contributed by atoms with Crippen LogP contribution in [0, 0.1) is 5.41 Å². The first kappa shape index (κ1) is 15.2. The molecule has 5 heteroatoms. The summed E-state index contributed by atoms with van der Waals surface area (Å²) in [6.07, 6.45) is 1.55. The molecule has 0 aromatic heterocycles. The van der Waals surface area contributed by atoms with Gasteiger partial charge in [-0.25, -0.2) is 13.1 Å². The number of halogens is 1. The van der Waals surface area contributed by atoms with Gasteiger partial charge in [0.2, 0.25) is 10.0 Å². The fourth-order valence-corrected chi connectivity index (χ4v) is 2.98. The van der Waals surface area contributed by atoms with Crippen LogP contribution in [0.4, 0.5) is 0 Å². The minimum atomic E-state index is -3.15. The van der Waals surface area contributed by atoms with Crippen molar-refractivity contribution in [1.82, 2.24) is 4.72 Å². The fraction of sp³-hybridized carbons (Fsp3) is 1.00. The van der Waals surface area contributed by atoms with E-state index in [1.54, 1.807) is 0 Å². The Hall–Kier alpha value is 0.200. The molecule has 1 unspecified atom stereocenters. The molecule has 0 aliphatic heterocycles. The molecule has 0 aromatic carbocycles. The highest BCUT2D eigenvalue weighted by molar-refractivity contribution is 7.89. The Balaban J connectivity index is 3.96. The summed E-state index contributed by atoms with van der Waals surface area (Å²) >= 11 is 5.89. The van der Waals surface area contributed by atoms with Crippen molar-refractivity contribution in [3.63, 3.8) is 0 Å². The van der Waals surface area contributed by atoms with Crippen molar-refractivity contribution in [2.24, 2.45) is 5.41 Å². The minimum Gasteiger partial charge on any atom is -0.215 e. The molecule has 0 saturated heterocycles. The third kappa shape index (κ3) is 9.15. The van der Waals surface area contributed by atoms with Gasteiger partial charge >= 0.3 is 0 Å². The molecule has 0 amide bonds. The molecule has 0 heterocycles. The molecule has 0 bridgehead atoms. The molecule has 0 aliphatic rings. The van der Waals surface area contributed by atoms with Gasteiger partial charge in [0.15, 0.2) is 0 Å². The van der Waals surface area contributed by atoms with Crippen LogP contribution in [0.2, 0.25) is 0 Å². The van der Waals surface area contributed by atoms with Crippen LogP contribution >= 0.6 is 11.6 Å². The Kier molecular flexibility index (Phi) is 6.14.